The van der Waals surface area contributed by atoms with Crippen LogP contribution in [0.2, 0.25) is 10.0 Å². The lowest BCUT2D eigenvalue weighted by molar-refractivity contribution is -0.117. The highest BCUT2D eigenvalue weighted by molar-refractivity contribution is 6.33. The average Bonchev–Trinajstić information content (AvgIpc) is 3.18. The molecule has 33 heavy (non-hydrogen) atoms. The molecule has 0 aliphatic carbocycles. The van der Waals surface area contributed by atoms with E-state index in [-0.39, 0.29) is 29.6 Å². The minimum atomic E-state index is -0.534. The normalized spacial score (nSPS) is 15.4. The van der Waals surface area contributed by atoms with Crippen molar-refractivity contribution < 1.29 is 14.3 Å². The lowest BCUT2D eigenvalue weighted by atomic mass is 9.98. The van der Waals surface area contributed by atoms with Crippen LogP contribution in [0.3, 0.4) is 0 Å². The van der Waals surface area contributed by atoms with Crippen molar-refractivity contribution in [3.63, 3.8) is 0 Å². The second-order valence-corrected chi connectivity index (χ2v) is 8.60. The fourth-order valence-corrected chi connectivity index (χ4v) is 4.26. The molecule has 0 spiro atoms. The summed E-state index contributed by atoms with van der Waals surface area (Å²) in [7, 11) is 0. The smallest absolute Gasteiger partial charge is 0.249 e. The van der Waals surface area contributed by atoms with Gasteiger partial charge in [0.25, 0.3) is 0 Å². The second kappa shape index (κ2) is 9.14. The Labute approximate surface area is 201 Å². The maximum atomic E-state index is 12.8. The van der Waals surface area contributed by atoms with Crippen molar-refractivity contribution in [3.8, 4) is 17.6 Å². The van der Waals surface area contributed by atoms with Crippen LogP contribution in [0.1, 0.15) is 39.4 Å². The van der Waals surface area contributed by atoms with Gasteiger partial charge in [-0.15, -0.1) is 0 Å². The van der Waals surface area contributed by atoms with Crippen molar-refractivity contribution >= 4 is 40.7 Å². The Morgan fingerprint density at radius 1 is 1.15 bits per heavy atom. The third kappa shape index (κ3) is 4.51. The van der Waals surface area contributed by atoms with Gasteiger partial charge in [-0.3, -0.25) is 9.59 Å². The first-order valence-corrected chi connectivity index (χ1v) is 10.9. The van der Waals surface area contributed by atoms with Crippen molar-refractivity contribution in [1.82, 2.24) is 0 Å². The molecule has 3 aromatic rings. The molecule has 3 aromatic carbocycles. The molecule has 0 unspecified atom stereocenters. The number of hydrogen-bond donors (Lipinski definition) is 1. The number of primary amides is 1. The molecule has 1 fully saturated rings. The number of para-hydroxylation sites is 1. The number of carbonyl (C=O) groups excluding carboxylic acids is 2. The minimum Gasteiger partial charge on any atom is -0.453 e. The number of aryl methyl sites for hydroxylation is 1. The monoisotopic (exact) mass is 479 g/mol. The predicted octanol–water partition coefficient (Wildman–Crippen LogP) is 5.59. The molecule has 0 bridgehead atoms. The van der Waals surface area contributed by atoms with E-state index in [4.69, 9.17) is 33.7 Å². The Morgan fingerprint density at radius 3 is 2.67 bits per heavy atom. The molecule has 1 saturated heterocycles. The summed E-state index contributed by atoms with van der Waals surface area (Å²) >= 11 is 12.6. The first-order valence-electron chi connectivity index (χ1n) is 10.1. The quantitative estimate of drug-likeness (QED) is 0.515. The Morgan fingerprint density at radius 2 is 1.94 bits per heavy atom. The number of benzene rings is 3. The molecular weight excluding hydrogens is 461 g/mol. The first-order chi connectivity index (χ1) is 15.8. The van der Waals surface area contributed by atoms with Gasteiger partial charge in [0.15, 0.2) is 5.75 Å². The van der Waals surface area contributed by atoms with Crippen LogP contribution in [0, 0.1) is 18.3 Å². The summed E-state index contributed by atoms with van der Waals surface area (Å²) in [6.07, 6.45) is 0.288. The van der Waals surface area contributed by atoms with Crippen LogP contribution in [-0.2, 0) is 4.79 Å². The summed E-state index contributed by atoms with van der Waals surface area (Å²) in [6, 6.07) is 17.5. The molecule has 2 N–H and O–H groups in total. The van der Waals surface area contributed by atoms with Crippen LogP contribution in [0.4, 0.5) is 5.69 Å². The summed E-state index contributed by atoms with van der Waals surface area (Å²) in [5.41, 5.74) is 8.38. The van der Waals surface area contributed by atoms with Gasteiger partial charge in [0.05, 0.1) is 15.6 Å². The number of rotatable bonds is 5. The Bertz CT molecular complexity index is 1320. The highest BCUT2D eigenvalue weighted by Gasteiger charge is 2.32. The summed E-state index contributed by atoms with van der Waals surface area (Å²) in [4.78, 5) is 26.1. The molecule has 0 radical (unpaired) electrons. The number of amides is 2. The van der Waals surface area contributed by atoms with Crippen molar-refractivity contribution in [2.24, 2.45) is 5.73 Å². The number of nitriles is 1. The Balaban J connectivity index is 1.62. The number of ether oxygens (including phenoxy) is 1. The first kappa shape index (κ1) is 22.7. The molecule has 1 atom stereocenters. The highest BCUT2D eigenvalue weighted by Crippen LogP contribution is 2.39. The van der Waals surface area contributed by atoms with Crippen LogP contribution in [0.25, 0.3) is 0 Å². The topological polar surface area (TPSA) is 96.4 Å². The Hall–Kier alpha value is -3.53. The van der Waals surface area contributed by atoms with Gasteiger partial charge in [-0.1, -0.05) is 41.4 Å². The maximum Gasteiger partial charge on any atom is 0.249 e. The van der Waals surface area contributed by atoms with Crippen LogP contribution in [0.5, 0.6) is 11.5 Å². The third-order valence-corrected chi connectivity index (χ3v) is 6.26. The number of nitrogens with two attached hydrogens (primary N) is 1. The van der Waals surface area contributed by atoms with E-state index >= 15 is 0 Å². The summed E-state index contributed by atoms with van der Waals surface area (Å²) < 4.78 is 5.92. The lowest BCUT2D eigenvalue weighted by Gasteiger charge is -2.19. The number of nitrogens with zero attached hydrogens (tertiary/aromatic N) is 2. The summed E-state index contributed by atoms with van der Waals surface area (Å²) in [5, 5.41) is 10.0. The van der Waals surface area contributed by atoms with E-state index in [9.17, 15) is 14.9 Å². The van der Waals surface area contributed by atoms with E-state index < -0.39 is 5.91 Å². The molecular formula is C25H19Cl2N3O3. The predicted molar refractivity (Wildman–Crippen MR) is 127 cm³/mol. The van der Waals surface area contributed by atoms with Gasteiger partial charge >= 0.3 is 0 Å². The SMILES string of the molecule is Cc1ccc(N2C[C@@H](c3ccc(Cl)c(Oc4c(Cl)cccc4C#N)c3)CC2=O)cc1C(N)=O. The molecule has 0 saturated carbocycles. The standard InChI is InChI=1S/C25H19Cl2N3O3/c1-14-5-7-18(11-19(14)25(29)32)30-13-17(10-23(30)31)15-6-8-20(26)22(9-15)33-24-16(12-28)3-2-4-21(24)27/h2-9,11,17H,10,13H2,1H3,(H2,29,32)/t17-/m0/s1. The van der Waals surface area contributed by atoms with Crippen molar-refractivity contribution in [1.29, 1.82) is 5.26 Å². The van der Waals surface area contributed by atoms with Crippen LogP contribution in [0.15, 0.2) is 54.6 Å². The fourth-order valence-electron chi connectivity index (χ4n) is 3.89. The number of halogens is 2. The zero-order chi connectivity index (χ0) is 23.7. The lowest BCUT2D eigenvalue weighted by Crippen LogP contribution is -2.25. The molecule has 8 heteroatoms. The molecule has 1 aliphatic heterocycles. The van der Waals surface area contributed by atoms with E-state index in [0.29, 0.717) is 33.6 Å². The van der Waals surface area contributed by atoms with E-state index in [1.54, 1.807) is 60.4 Å². The van der Waals surface area contributed by atoms with Gasteiger partial charge in [-0.25, -0.2) is 0 Å². The Kier molecular flexibility index (Phi) is 6.28. The second-order valence-electron chi connectivity index (χ2n) is 7.79. The highest BCUT2D eigenvalue weighted by atomic mass is 35.5. The van der Waals surface area contributed by atoms with E-state index in [1.807, 2.05) is 6.07 Å². The zero-order valence-corrected chi connectivity index (χ0v) is 19.2. The molecule has 166 valence electrons. The van der Waals surface area contributed by atoms with Crippen molar-refractivity contribution in [2.45, 2.75) is 19.3 Å². The van der Waals surface area contributed by atoms with Crippen molar-refractivity contribution in [3.05, 3.63) is 86.9 Å². The van der Waals surface area contributed by atoms with Gasteiger partial charge in [-0.05, 0) is 54.4 Å². The molecule has 4 rings (SSSR count). The summed E-state index contributed by atoms with van der Waals surface area (Å²) in [5.74, 6) is -0.139. The maximum absolute atomic E-state index is 12.8. The molecule has 0 aromatic heterocycles. The van der Waals surface area contributed by atoms with E-state index in [1.165, 1.54) is 0 Å². The number of hydrogen-bond acceptors (Lipinski definition) is 4. The molecule has 1 heterocycles. The van der Waals surface area contributed by atoms with E-state index in [0.717, 1.165) is 11.1 Å². The third-order valence-electron chi connectivity index (χ3n) is 5.65. The van der Waals surface area contributed by atoms with Crippen LogP contribution < -0.4 is 15.4 Å². The van der Waals surface area contributed by atoms with Crippen molar-refractivity contribution in [2.75, 3.05) is 11.4 Å². The van der Waals surface area contributed by atoms with Gasteiger partial charge in [0, 0.05) is 30.1 Å². The number of anilines is 1. The summed E-state index contributed by atoms with van der Waals surface area (Å²) in [6.45, 7) is 2.22. The van der Waals surface area contributed by atoms with Gasteiger partial charge in [0.2, 0.25) is 11.8 Å². The zero-order valence-electron chi connectivity index (χ0n) is 17.6. The number of carbonyl (C=O) groups is 2. The average molecular weight is 480 g/mol. The minimum absolute atomic E-state index is 0.0606. The van der Waals surface area contributed by atoms with Gasteiger partial charge in [0.1, 0.15) is 11.8 Å². The molecule has 6 nitrogen and oxygen atoms in total. The van der Waals surface area contributed by atoms with Crippen LogP contribution in [-0.4, -0.2) is 18.4 Å². The molecule has 2 amide bonds. The fraction of sp³-hybridized carbons (Fsp3) is 0.160. The van der Waals surface area contributed by atoms with Gasteiger partial charge < -0.3 is 15.4 Å². The molecule has 1 aliphatic rings. The van der Waals surface area contributed by atoms with Crippen LogP contribution >= 0.6 is 23.2 Å². The van der Waals surface area contributed by atoms with E-state index in [2.05, 4.69) is 6.07 Å². The largest absolute Gasteiger partial charge is 0.453 e. The van der Waals surface area contributed by atoms with Gasteiger partial charge in [-0.2, -0.15) is 5.26 Å².